The lowest BCUT2D eigenvalue weighted by molar-refractivity contribution is 0.166. The summed E-state index contributed by atoms with van der Waals surface area (Å²) in [6, 6.07) is 10.5. The van der Waals surface area contributed by atoms with E-state index in [2.05, 4.69) is 29.0 Å². The van der Waals surface area contributed by atoms with E-state index in [1.165, 1.54) is 6.42 Å². The van der Waals surface area contributed by atoms with Crippen LogP contribution in [0.2, 0.25) is 0 Å². The van der Waals surface area contributed by atoms with Gasteiger partial charge in [-0.2, -0.15) is 5.26 Å². The van der Waals surface area contributed by atoms with Gasteiger partial charge in [-0.15, -0.1) is 0 Å². The molecule has 4 heteroatoms. The fraction of sp³-hybridized carbons (Fsp3) is 0.533. The number of rotatable bonds is 4. The first-order valence-electron chi connectivity index (χ1n) is 6.81. The molecule has 0 amide bonds. The lowest BCUT2D eigenvalue weighted by Crippen LogP contribution is -2.47. The Morgan fingerprint density at radius 3 is 3.11 bits per heavy atom. The molecule has 1 aliphatic rings. The summed E-state index contributed by atoms with van der Waals surface area (Å²) in [5, 5.41) is 18.0. The van der Waals surface area contributed by atoms with E-state index in [1.807, 2.05) is 18.2 Å². The predicted octanol–water partition coefficient (Wildman–Crippen LogP) is 1.45. The van der Waals surface area contributed by atoms with Crippen LogP contribution in [0, 0.1) is 11.3 Å². The standard InChI is InChI=1S/C15H21N3O/c1-17(8-9-19)15-6-3-7-18(12-15)14-5-2-4-13(10-14)11-16/h2,4-5,10,15,19H,3,6-9,12H2,1H3. The highest BCUT2D eigenvalue weighted by Gasteiger charge is 2.23. The molecular weight excluding hydrogens is 238 g/mol. The zero-order valence-corrected chi connectivity index (χ0v) is 11.4. The van der Waals surface area contributed by atoms with Gasteiger partial charge in [-0.25, -0.2) is 0 Å². The molecule has 1 aromatic rings. The molecule has 102 valence electrons. The first kappa shape index (κ1) is 13.9. The SMILES string of the molecule is CN(CCO)C1CCCN(c2cccc(C#N)c2)C1. The summed E-state index contributed by atoms with van der Waals surface area (Å²) in [4.78, 5) is 4.56. The predicted molar refractivity (Wildman–Crippen MR) is 76.1 cm³/mol. The van der Waals surface area contributed by atoms with Crippen LogP contribution in [0.3, 0.4) is 0 Å². The second-order valence-electron chi connectivity index (χ2n) is 5.11. The second-order valence-corrected chi connectivity index (χ2v) is 5.11. The smallest absolute Gasteiger partial charge is 0.0992 e. The minimum atomic E-state index is 0.205. The highest BCUT2D eigenvalue weighted by atomic mass is 16.3. The van der Waals surface area contributed by atoms with Crippen LogP contribution in [0.1, 0.15) is 18.4 Å². The van der Waals surface area contributed by atoms with E-state index >= 15 is 0 Å². The van der Waals surface area contributed by atoms with Crippen molar-refractivity contribution < 1.29 is 5.11 Å². The van der Waals surface area contributed by atoms with Crippen LogP contribution in [0.5, 0.6) is 0 Å². The van der Waals surface area contributed by atoms with E-state index in [9.17, 15) is 0 Å². The number of likely N-dealkylation sites (N-methyl/N-ethyl adjacent to an activating group) is 1. The Labute approximate surface area is 114 Å². The third kappa shape index (κ3) is 3.46. The van der Waals surface area contributed by atoms with Crippen molar-refractivity contribution in [2.45, 2.75) is 18.9 Å². The van der Waals surface area contributed by atoms with E-state index in [1.54, 1.807) is 0 Å². The quantitative estimate of drug-likeness (QED) is 0.889. The number of aliphatic hydroxyl groups is 1. The molecule has 0 aliphatic carbocycles. The molecule has 2 rings (SSSR count). The van der Waals surface area contributed by atoms with Crippen LogP contribution in [0.4, 0.5) is 5.69 Å². The summed E-state index contributed by atoms with van der Waals surface area (Å²) >= 11 is 0. The maximum atomic E-state index is 9.03. The average molecular weight is 259 g/mol. The van der Waals surface area contributed by atoms with Crippen LogP contribution in [-0.2, 0) is 0 Å². The van der Waals surface area contributed by atoms with Crippen molar-refractivity contribution in [2.75, 3.05) is 38.2 Å². The Balaban J connectivity index is 2.06. The van der Waals surface area contributed by atoms with Crippen LogP contribution in [0.15, 0.2) is 24.3 Å². The lowest BCUT2D eigenvalue weighted by atomic mass is 10.0. The molecule has 19 heavy (non-hydrogen) atoms. The molecule has 0 bridgehead atoms. The van der Waals surface area contributed by atoms with Gasteiger partial charge in [0.05, 0.1) is 18.2 Å². The van der Waals surface area contributed by atoms with Crippen LogP contribution in [-0.4, -0.2) is 49.3 Å². The highest BCUT2D eigenvalue weighted by molar-refractivity contribution is 5.51. The number of benzene rings is 1. The fourth-order valence-corrected chi connectivity index (χ4v) is 2.66. The summed E-state index contributed by atoms with van der Waals surface area (Å²) in [6.07, 6.45) is 2.32. The van der Waals surface area contributed by atoms with Crippen LogP contribution in [0.25, 0.3) is 0 Å². The number of hydrogen-bond donors (Lipinski definition) is 1. The lowest BCUT2D eigenvalue weighted by Gasteiger charge is -2.38. The maximum Gasteiger partial charge on any atom is 0.0992 e. The van der Waals surface area contributed by atoms with Crippen LogP contribution < -0.4 is 4.90 Å². The van der Waals surface area contributed by atoms with E-state index in [0.29, 0.717) is 11.6 Å². The van der Waals surface area contributed by atoms with Crippen molar-refractivity contribution in [3.8, 4) is 6.07 Å². The Hall–Kier alpha value is -1.57. The van der Waals surface area contributed by atoms with E-state index < -0.39 is 0 Å². The molecule has 1 unspecified atom stereocenters. The minimum absolute atomic E-state index is 0.205. The van der Waals surface area contributed by atoms with E-state index in [4.69, 9.17) is 10.4 Å². The molecule has 1 atom stereocenters. The first-order valence-corrected chi connectivity index (χ1v) is 6.81. The van der Waals surface area contributed by atoms with Crippen molar-refractivity contribution in [3.63, 3.8) is 0 Å². The molecule has 1 N–H and O–H groups in total. The second kappa shape index (κ2) is 6.55. The monoisotopic (exact) mass is 259 g/mol. The number of nitrogens with zero attached hydrogens (tertiary/aromatic N) is 3. The van der Waals surface area contributed by atoms with Gasteiger partial charge < -0.3 is 10.0 Å². The normalized spacial score (nSPS) is 19.5. The number of aliphatic hydroxyl groups excluding tert-OH is 1. The molecule has 1 heterocycles. The fourth-order valence-electron chi connectivity index (χ4n) is 2.66. The molecule has 4 nitrogen and oxygen atoms in total. The first-order chi connectivity index (χ1) is 9.24. The van der Waals surface area contributed by atoms with Gasteiger partial charge in [-0.1, -0.05) is 6.07 Å². The summed E-state index contributed by atoms with van der Waals surface area (Å²) in [7, 11) is 2.07. The van der Waals surface area contributed by atoms with Crippen LogP contribution >= 0.6 is 0 Å². The van der Waals surface area contributed by atoms with Gasteiger partial charge in [0.25, 0.3) is 0 Å². The van der Waals surface area contributed by atoms with Gasteiger partial charge in [0.2, 0.25) is 0 Å². The van der Waals surface area contributed by atoms with Gasteiger partial charge in [-0.3, -0.25) is 4.90 Å². The van der Waals surface area contributed by atoms with Crippen molar-refractivity contribution in [3.05, 3.63) is 29.8 Å². The van der Waals surface area contributed by atoms with Gasteiger partial charge in [0.1, 0.15) is 0 Å². The topological polar surface area (TPSA) is 50.5 Å². The summed E-state index contributed by atoms with van der Waals surface area (Å²) in [5.74, 6) is 0. The molecule has 0 aromatic heterocycles. The number of anilines is 1. The third-order valence-electron chi connectivity index (χ3n) is 3.81. The van der Waals surface area contributed by atoms with Crippen molar-refractivity contribution in [1.82, 2.24) is 4.90 Å². The minimum Gasteiger partial charge on any atom is -0.395 e. The highest BCUT2D eigenvalue weighted by Crippen LogP contribution is 2.22. The Morgan fingerprint density at radius 2 is 2.37 bits per heavy atom. The molecule has 1 aliphatic heterocycles. The zero-order valence-electron chi connectivity index (χ0n) is 11.4. The number of piperidine rings is 1. The molecule has 0 spiro atoms. The molecule has 0 saturated carbocycles. The molecule has 1 fully saturated rings. The largest absolute Gasteiger partial charge is 0.395 e. The molecule has 0 radical (unpaired) electrons. The average Bonchev–Trinajstić information content (AvgIpc) is 2.48. The molecule has 1 aromatic carbocycles. The van der Waals surface area contributed by atoms with E-state index in [0.717, 1.165) is 31.7 Å². The van der Waals surface area contributed by atoms with Gasteiger partial charge in [0.15, 0.2) is 0 Å². The summed E-state index contributed by atoms with van der Waals surface area (Å²) in [5.41, 5.74) is 1.84. The number of nitriles is 1. The Kier molecular flexibility index (Phi) is 4.78. The van der Waals surface area contributed by atoms with Crippen molar-refractivity contribution in [2.24, 2.45) is 0 Å². The van der Waals surface area contributed by atoms with Gasteiger partial charge in [-0.05, 0) is 38.1 Å². The van der Waals surface area contributed by atoms with Crippen molar-refractivity contribution >= 4 is 5.69 Å². The van der Waals surface area contributed by atoms with Gasteiger partial charge >= 0.3 is 0 Å². The third-order valence-corrected chi connectivity index (χ3v) is 3.81. The summed E-state index contributed by atoms with van der Waals surface area (Å²) in [6.45, 7) is 2.93. The van der Waals surface area contributed by atoms with E-state index in [-0.39, 0.29) is 6.61 Å². The zero-order chi connectivity index (χ0) is 13.7. The Bertz CT molecular complexity index is 455. The number of hydrogen-bond acceptors (Lipinski definition) is 4. The summed E-state index contributed by atoms with van der Waals surface area (Å²) < 4.78 is 0. The maximum absolute atomic E-state index is 9.03. The molecular formula is C15H21N3O. The molecule has 1 saturated heterocycles. The Morgan fingerprint density at radius 1 is 1.53 bits per heavy atom. The van der Waals surface area contributed by atoms with Crippen molar-refractivity contribution in [1.29, 1.82) is 5.26 Å². The van der Waals surface area contributed by atoms with Gasteiger partial charge in [0, 0.05) is 31.4 Å².